The molecule has 0 saturated carbocycles. The van der Waals surface area contributed by atoms with E-state index in [0.717, 1.165) is 25.0 Å². The van der Waals surface area contributed by atoms with E-state index in [9.17, 15) is 38.7 Å². The van der Waals surface area contributed by atoms with Crippen molar-refractivity contribution in [2.45, 2.75) is 68.3 Å². The monoisotopic (exact) mass is 617 g/mol. The zero-order valence-electron chi connectivity index (χ0n) is 22.7. The van der Waals surface area contributed by atoms with E-state index in [1.54, 1.807) is 0 Å². The number of nitrogens with one attached hydrogen (secondary N) is 7. The van der Waals surface area contributed by atoms with Crippen LogP contribution in [0, 0.1) is 0 Å². The van der Waals surface area contributed by atoms with Crippen LogP contribution < -0.4 is 37.2 Å². The second-order valence-corrected chi connectivity index (χ2v) is 11.2. The molecule has 2 aliphatic heterocycles. The highest BCUT2D eigenvalue weighted by Crippen LogP contribution is 2.33. The lowest BCUT2D eigenvalue weighted by atomic mass is 10.0. The fourth-order valence-electron chi connectivity index (χ4n) is 4.28. The molecule has 2 fully saturated rings. The average molecular weight is 618 g/mol. The Morgan fingerprint density at radius 1 is 0.854 bits per heavy atom. The topological polar surface area (TPSA) is 224 Å². The molecular formula is C24H39N7O8S2. The molecule has 2 saturated heterocycles. The van der Waals surface area contributed by atoms with Gasteiger partial charge in [-0.25, -0.2) is 9.59 Å². The first-order valence-corrected chi connectivity index (χ1v) is 15.2. The first-order valence-electron chi connectivity index (χ1n) is 13.5. The van der Waals surface area contributed by atoms with Crippen molar-refractivity contribution in [3.63, 3.8) is 0 Å². The molecule has 8 N–H and O–H groups in total. The van der Waals surface area contributed by atoms with Crippen molar-refractivity contribution in [3.05, 3.63) is 0 Å². The Morgan fingerprint density at radius 2 is 1.51 bits per heavy atom. The van der Waals surface area contributed by atoms with Gasteiger partial charge in [0.15, 0.2) is 0 Å². The third kappa shape index (κ3) is 13.3. The van der Waals surface area contributed by atoms with Crippen LogP contribution in [0.5, 0.6) is 0 Å². The third-order valence-electron chi connectivity index (χ3n) is 6.44. The highest BCUT2D eigenvalue weighted by Gasteiger charge is 2.42. The number of carbonyl (C=O) groups excluding carboxylic acids is 6. The Hall–Kier alpha value is -3.21. The van der Waals surface area contributed by atoms with Crippen molar-refractivity contribution < 1.29 is 38.7 Å². The van der Waals surface area contributed by atoms with Gasteiger partial charge in [0.1, 0.15) is 6.04 Å². The molecule has 230 valence electrons. The second-order valence-electron chi connectivity index (χ2n) is 9.66. The van der Waals surface area contributed by atoms with Crippen LogP contribution in [0.25, 0.3) is 0 Å². The average Bonchev–Trinajstić information content (AvgIpc) is 3.49. The van der Waals surface area contributed by atoms with Gasteiger partial charge in [0, 0.05) is 24.0 Å². The number of carboxylic acids is 1. The molecule has 0 bridgehead atoms. The maximum absolute atomic E-state index is 12.1. The molecule has 0 radical (unpaired) electrons. The number of amides is 7. The summed E-state index contributed by atoms with van der Waals surface area (Å²) in [7, 11) is 0. The Kier molecular flexibility index (Phi) is 15.1. The van der Waals surface area contributed by atoms with Crippen LogP contribution in [0.15, 0.2) is 0 Å². The number of unbranched alkanes of at least 4 members (excludes halogenated alkanes) is 2. The van der Waals surface area contributed by atoms with E-state index in [1.165, 1.54) is 0 Å². The number of fused-ring (bicyclic) bond motifs is 1. The predicted molar refractivity (Wildman–Crippen MR) is 153 cm³/mol. The minimum atomic E-state index is -1.22. The SMILES string of the molecule is O=C(CS)NCC(=O)NCC(=O)NCC(=O)NC(CCCCNC(=O)CCCC[C@@H]1SC[C@@H]2NC(=O)N[C@@H]21)C(=O)O. The van der Waals surface area contributed by atoms with Gasteiger partial charge in [-0.05, 0) is 32.1 Å². The van der Waals surface area contributed by atoms with E-state index >= 15 is 0 Å². The molecule has 0 aromatic carbocycles. The fourth-order valence-corrected chi connectivity index (χ4v) is 5.94. The van der Waals surface area contributed by atoms with Crippen LogP contribution in [-0.4, -0.2) is 108 Å². The van der Waals surface area contributed by atoms with Crippen molar-refractivity contribution in [3.8, 4) is 0 Å². The largest absolute Gasteiger partial charge is 0.480 e. The van der Waals surface area contributed by atoms with Gasteiger partial charge in [-0.3, -0.25) is 24.0 Å². The summed E-state index contributed by atoms with van der Waals surface area (Å²) < 4.78 is 0. The molecule has 0 aromatic rings. The summed E-state index contributed by atoms with van der Waals surface area (Å²) in [6.07, 6.45) is 4.08. The lowest BCUT2D eigenvalue weighted by Crippen LogP contribution is -2.47. The molecule has 2 aliphatic rings. The van der Waals surface area contributed by atoms with E-state index in [4.69, 9.17) is 0 Å². The molecule has 2 rings (SSSR count). The smallest absolute Gasteiger partial charge is 0.326 e. The highest BCUT2D eigenvalue weighted by atomic mass is 32.2. The second kappa shape index (κ2) is 18.3. The van der Waals surface area contributed by atoms with Gasteiger partial charge in [-0.2, -0.15) is 24.4 Å². The van der Waals surface area contributed by atoms with Gasteiger partial charge in [0.2, 0.25) is 29.5 Å². The van der Waals surface area contributed by atoms with Gasteiger partial charge in [0.25, 0.3) is 0 Å². The molecule has 15 nitrogen and oxygen atoms in total. The molecule has 4 atom stereocenters. The van der Waals surface area contributed by atoms with Crippen LogP contribution in [0.1, 0.15) is 44.9 Å². The summed E-state index contributed by atoms with van der Waals surface area (Å²) in [6, 6.07) is -0.920. The Balaban J connectivity index is 1.50. The quantitative estimate of drug-likeness (QED) is 0.0437. The van der Waals surface area contributed by atoms with Crippen molar-refractivity contribution in [1.82, 2.24) is 37.2 Å². The maximum Gasteiger partial charge on any atom is 0.326 e. The van der Waals surface area contributed by atoms with Crippen molar-refractivity contribution >= 4 is 65.9 Å². The number of aliphatic carboxylic acids is 1. The molecule has 1 unspecified atom stereocenters. The summed E-state index contributed by atoms with van der Waals surface area (Å²) >= 11 is 5.59. The minimum absolute atomic E-state index is 0.0739. The van der Waals surface area contributed by atoms with E-state index < -0.39 is 48.7 Å². The molecule has 0 spiro atoms. The Bertz CT molecular complexity index is 970. The highest BCUT2D eigenvalue weighted by molar-refractivity contribution is 8.00. The Morgan fingerprint density at radius 3 is 2.17 bits per heavy atom. The van der Waals surface area contributed by atoms with E-state index in [1.807, 2.05) is 11.8 Å². The minimum Gasteiger partial charge on any atom is -0.480 e. The third-order valence-corrected chi connectivity index (χ3v) is 8.23. The van der Waals surface area contributed by atoms with Crippen LogP contribution >= 0.6 is 24.4 Å². The first kappa shape index (κ1) is 34.0. The van der Waals surface area contributed by atoms with E-state index in [-0.39, 0.29) is 42.7 Å². The van der Waals surface area contributed by atoms with Crippen LogP contribution in [0.4, 0.5) is 4.79 Å². The Labute approximate surface area is 247 Å². The van der Waals surface area contributed by atoms with Gasteiger partial charge >= 0.3 is 12.0 Å². The maximum atomic E-state index is 12.1. The van der Waals surface area contributed by atoms with Gasteiger partial charge in [-0.15, -0.1) is 0 Å². The van der Waals surface area contributed by atoms with Crippen LogP contribution in [0.3, 0.4) is 0 Å². The molecule has 17 heteroatoms. The van der Waals surface area contributed by atoms with Gasteiger partial charge < -0.3 is 42.3 Å². The predicted octanol–water partition coefficient (Wildman–Crippen LogP) is -2.15. The zero-order valence-corrected chi connectivity index (χ0v) is 24.4. The number of rotatable bonds is 19. The first-order chi connectivity index (χ1) is 19.6. The van der Waals surface area contributed by atoms with E-state index in [2.05, 4.69) is 49.8 Å². The van der Waals surface area contributed by atoms with Gasteiger partial charge in [0.05, 0.1) is 37.5 Å². The lowest BCUT2D eigenvalue weighted by molar-refractivity contribution is -0.142. The number of carbonyl (C=O) groups is 7. The molecule has 0 aliphatic carbocycles. The van der Waals surface area contributed by atoms with Crippen molar-refractivity contribution in [1.29, 1.82) is 0 Å². The molecular weight excluding hydrogens is 578 g/mol. The van der Waals surface area contributed by atoms with Gasteiger partial charge in [-0.1, -0.05) is 6.42 Å². The van der Waals surface area contributed by atoms with Crippen molar-refractivity contribution in [2.75, 3.05) is 37.7 Å². The summed E-state index contributed by atoms with van der Waals surface area (Å²) in [6.45, 7) is -0.830. The van der Waals surface area contributed by atoms with E-state index in [0.29, 0.717) is 31.1 Å². The molecule has 0 aromatic heterocycles. The molecule has 7 amide bonds. The number of hydrogen-bond acceptors (Lipinski definition) is 9. The molecule has 2 heterocycles. The number of thiol groups is 1. The standard InChI is InChI=1S/C24H39N7O8S2/c32-17(7-2-1-6-16-22-15(13-41-16)30-24(39)31-22)25-8-4-3-5-14(23(37)38)29-20(35)11-27-18(33)9-26-19(34)10-28-21(36)12-40/h14-16,22,40H,1-13H2,(H,25,32)(H,26,34)(H,27,33)(H,28,36)(H,29,35)(H,37,38)(H2,30,31,39)/t14?,15-,16-,22-/m0/s1. The number of hydrogen-bond donors (Lipinski definition) is 9. The van der Waals surface area contributed by atoms with Crippen molar-refractivity contribution in [2.24, 2.45) is 0 Å². The summed E-state index contributed by atoms with van der Waals surface area (Å²) in [4.78, 5) is 81.4. The van der Waals surface area contributed by atoms with Crippen LogP contribution in [-0.2, 0) is 28.8 Å². The fraction of sp³-hybridized carbons (Fsp3) is 0.708. The number of carboxylic acid groups (broad SMARTS) is 1. The van der Waals surface area contributed by atoms with Crippen LogP contribution in [0.2, 0.25) is 0 Å². The summed E-state index contributed by atoms with van der Waals surface area (Å²) in [5, 5.41) is 27.6. The summed E-state index contributed by atoms with van der Waals surface area (Å²) in [5.74, 6) is -2.88. The number of thioether (sulfide) groups is 1. The number of urea groups is 1. The normalized spacial score (nSPS) is 19.6. The zero-order chi connectivity index (χ0) is 30.2. The lowest BCUT2D eigenvalue weighted by Gasteiger charge is -2.16. The molecule has 41 heavy (non-hydrogen) atoms. The summed E-state index contributed by atoms with van der Waals surface area (Å²) in [5.41, 5.74) is 0.